The average molecular weight is 299 g/mol. The molecule has 1 aliphatic rings. The lowest BCUT2D eigenvalue weighted by molar-refractivity contribution is 0.407. The first-order chi connectivity index (χ1) is 9.17. The van der Waals surface area contributed by atoms with Gasteiger partial charge in [-0.05, 0) is 24.3 Å². The van der Waals surface area contributed by atoms with Gasteiger partial charge in [-0.2, -0.15) is 0 Å². The predicted molar refractivity (Wildman–Crippen MR) is 79.9 cm³/mol. The molecule has 1 aromatic heterocycles. The molecule has 1 fully saturated rings. The standard InChI is InChI=1S/C14H25N3O2S/c1-14(2,3)10-16-20(18,19)13-7-12(17(4)9-13)8-15-11-5-6-11/h7,9,11,15-16H,5-6,8,10H2,1-4H3. The van der Waals surface area contributed by atoms with Crippen molar-refractivity contribution in [2.75, 3.05) is 6.54 Å². The van der Waals surface area contributed by atoms with Crippen molar-refractivity contribution >= 4 is 10.0 Å². The van der Waals surface area contributed by atoms with Gasteiger partial charge >= 0.3 is 0 Å². The van der Waals surface area contributed by atoms with Gasteiger partial charge in [0.15, 0.2) is 0 Å². The van der Waals surface area contributed by atoms with Crippen LogP contribution in [0.3, 0.4) is 0 Å². The van der Waals surface area contributed by atoms with Crippen LogP contribution >= 0.6 is 0 Å². The number of hydrogen-bond acceptors (Lipinski definition) is 3. The zero-order valence-corrected chi connectivity index (χ0v) is 13.5. The minimum atomic E-state index is -3.42. The summed E-state index contributed by atoms with van der Waals surface area (Å²) < 4.78 is 29.0. The van der Waals surface area contributed by atoms with E-state index in [1.54, 1.807) is 12.3 Å². The Bertz CT molecular complexity index is 566. The third-order valence-corrected chi connectivity index (χ3v) is 4.70. The molecule has 20 heavy (non-hydrogen) atoms. The van der Waals surface area contributed by atoms with Crippen LogP contribution in [0.25, 0.3) is 0 Å². The van der Waals surface area contributed by atoms with Gasteiger partial charge in [0.2, 0.25) is 10.0 Å². The van der Waals surface area contributed by atoms with E-state index in [1.807, 2.05) is 32.4 Å². The summed E-state index contributed by atoms with van der Waals surface area (Å²) in [5.74, 6) is 0. The lowest BCUT2D eigenvalue weighted by atomic mass is 9.98. The predicted octanol–water partition coefficient (Wildman–Crippen LogP) is 1.60. The summed E-state index contributed by atoms with van der Waals surface area (Å²) in [6.45, 7) is 7.17. The Morgan fingerprint density at radius 1 is 1.35 bits per heavy atom. The molecule has 0 aliphatic heterocycles. The second kappa shape index (κ2) is 5.50. The molecule has 6 heteroatoms. The van der Waals surface area contributed by atoms with Gasteiger partial charge in [0.1, 0.15) is 0 Å². The van der Waals surface area contributed by atoms with Crippen LogP contribution in [0.4, 0.5) is 0 Å². The minimum absolute atomic E-state index is 0.0712. The molecule has 0 atom stereocenters. The monoisotopic (exact) mass is 299 g/mol. The van der Waals surface area contributed by atoms with Crippen molar-refractivity contribution in [2.45, 2.75) is 51.1 Å². The Labute approximate surface area is 121 Å². The molecule has 2 rings (SSSR count). The fraction of sp³-hybridized carbons (Fsp3) is 0.714. The van der Waals surface area contributed by atoms with Crippen LogP contribution in [-0.4, -0.2) is 25.6 Å². The quantitative estimate of drug-likeness (QED) is 0.838. The van der Waals surface area contributed by atoms with E-state index in [0.717, 1.165) is 12.2 Å². The molecule has 1 aromatic rings. The highest BCUT2D eigenvalue weighted by Crippen LogP contribution is 2.20. The van der Waals surface area contributed by atoms with Gasteiger partial charge < -0.3 is 9.88 Å². The van der Waals surface area contributed by atoms with E-state index >= 15 is 0 Å². The second-order valence-corrected chi connectivity index (χ2v) is 8.59. The normalized spacial score (nSPS) is 16.6. The number of aromatic nitrogens is 1. The zero-order valence-electron chi connectivity index (χ0n) is 12.7. The van der Waals surface area contributed by atoms with Crippen LogP contribution in [0, 0.1) is 5.41 Å². The molecular weight excluding hydrogens is 274 g/mol. The van der Waals surface area contributed by atoms with Crippen molar-refractivity contribution in [1.29, 1.82) is 0 Å². The highest BCUT2D eigenvalue weighted by Gasteiger charge is 2.23. The highest BCUT2D eigenvalue weighted by atomic mass is 32.2. The van der Waals surface area contributed by atoms with Crippen LogP contribution in [0.15, 0.2) is 17.2 Å². The van der Waals surface area contributed by atoms with E-state index in [-0.39, 0.29) is 5.41 Å². The Hall–Kier alpha value is -0.850. The van der Waals surface area contributed by atoms with Crippen molar-refractivity contribution < 1.29 is 8.42 Å². The zero-order chi connectivity index (χ0) is 15.0. The first-order valence-electron chi connectivity index (χ1n) is 7.06. The maximum absolute atomic E-state index is 12.3. The highest BCUT2D eigenvalue weighted by molar-refractivity contribution is 7.89. The average Bonchev–Trinajstić information content (AvgIpc) is 3.07. The van der Waals surface area contributed by atoms with Crippen molar-refractivity contribution in [3.63, 3.8) is 0 Å². The van der Waals surface area contributed by atoms with E-state index in [9.17, 15) is 8.42 Å². The van der Waals surface area contributed by atoms with Crippen LogP contribution in [0.2, 0.25) is 0 Å². The molecule has 0 unspecified atom stereocenters. The number of aryl methyl sites for hydroxylation is 1. The number of hydrogen-bond donors (Lipinski definition) is 2. The fourth-order valence-electron chi connectivity index (χ4n) is 1.83. The molecule has 0 spiro atoms. The van der Waals surface area contributed by atoms with Gasteiger partial charge in [-0.1, -0.05) is 20.8 Å². The van der Waals surface area contributed by atoms with E-state index < -0.39 is 10.0 Å². The molecule has 0 bridgehead atoms. The summed E-state index contributed by atoms with van der Waals surface area (Å²) in [5.41, 5.74) is 0.922. The Balaban J connectivity index is 2.05. The summed E-state index contributed by atoms with van der Waals surface area (Å²) in [7, 11) is -1.54. The molecule has 0 aromatic carbocycles. The van der Waals surface area contributed by atoms with E-state index in [0.29, 0.717) is 17.5 Å². The molecule has 0 radical (unpaired) electrons. The van der Waals surface area contributed by atoms with Gasteiger partial charge in [0.05, 0.1) is 4.90 Å². The minimum Gasteiger partial charge on any atom is -0.352 e. The Morgan fingerprint density at radius 2 is 2.00 bits per heavy atom. The second-order valence-electron chi connectivity index (χ2n) is 6.82. The Morgan fingerprint density at radius 3 is 2.55 bits per heavy atom. The molecular formula is C14H25N3O2S. The van der Waals surface area contributed by atoms with E-state index in [1.165, 1.54) is 12.8 Å². The summed E-state index contributed by atoms with van der Waals surface area (Å²) >= 11 is 0. The lowest BCUT2D eigenvalue weighted by Crippen LogP contribution is -2.32. The number of nitrogens with one attached hydrogen (secondary N) is 2. The van der Waals surface area contributed by atoms with E-state index in [4.69, 9.17) is 0 Å². The van der Waals surface area contributed by atoms with Crippen molar-refractivity contribution in [3.05, 3.63) is 18.0 Å². The summed E-state index contributed by atoms with van der Waals surface area (Å²) in [6.07, 6.45) is 4.13. The number of sulfonamides is 1. The molecule has 0 amide bonds. The topological polar surface area (TPSA) is 63.1 Å². The van der Waals surface area contributed by atoms with Crippen molar-refractivity contribution in [3.8, 4) is 0 Å². The lowest BCUT2D eigenvalue weighted by Gasteiger charge is -2.18. The summed E-state index contributed by atoms with van der Waals surface area (Å²) in [5, 5.41) is 3.40. The van der Waals surface area contributed by atoms with Crippen LogP contribution in [0.5, 0.6) is 0 Å². The largest absolute Gasteiger partial charge is 0.352 e. The van der Waals surface area contributed by atoms with Gasteiger partial charge in [-0.15, -0.1) is 0 Å². The molecule has 1 aliphatic carbocycles. The maximum Gasteiger partial charge on any atom is 0.242 e. The van der Waals surface area contributed by atoms with Crippen molar-refractivity contribution in [2.24, 2.45) is 12.5 Å². The third kappa shape index (κ3) is 4.33. The smallest absolute Gasteiger partial charge is 0.242 e. The number of nitrogens with zero attached hydrogens (tertiary/aromatic N) is 1. The van der Waals surface area contributed by atoms with Gasteiger partial charge in [0.25, 0.3) is 0 Å². The van der Waals surface area contributed by atoms with Crippen LogP contribution < -0.4 is 10.0 Å². The van der Waals surface area contributed by atoms with Gasteiger partial charge in [-0.3, -0.25) is 0 Å². The molecule has 5 nitrogen and oxygen atoms in total. The maximum atomic E-state index is 12.3. The molecule has 2 N–H and O–H groups in total. The number of rotatable bonds is 6. The summed E-state index contributed by atoms with van der Waals surface area (Å²) in [6, 6.07) is 2.37. The van der Waals surface area contributed by atoms with Gasteiger partial charge in [-0.25, -0.2) is 13.1 Å². The third-order valence-electron chi connectivity index (χ3n) is 3.33. The SMILES string of the molecule is Cn1cc(S(=O)(=O)NCC(C)(C)C)cc1CNC1CC1. The van der Waals surface area contributed by atoms with Gasteiger partial charge in [0, 0.05) is 38.1 Å². The molecule has 1 saturated carbocycles. The van der Waals surface area contributed by atoms with E-state index in [2.05, 4.69) is 10.0 Å². The molecule has 1 heterocycles. The van der Waals surface area contributed by atoms with Crippen LogP contribution in [0.1, 0.15) is 39.3 Å². The first kappa shape index (κ1) is 15.5. The van der Waals surface area contributed by atoms with Crippen molar-refractivity contribution in [1.82, 2.24) is 14.6 Å². The summed E-state index contributed by atoms with van der Waals surface area (Å²) in [4.78, 5) is 0.344. The first-order valence-corrected chi connectivity index (χ1v) is 8.54. The molecule has 0 saturated heterocycles. The molecule has 114 valence electrons. The fourth-order valence-corrected chi connectivity index (χ4v) is 3.21. The van der Waals surface area contributed by atoms with Crippen LogP contribution in [-0.2, 0) is 23.6 Å². The Kier molecular flexibility index (Phi) is 4.27.